The standard InChI is InChI=1S/C14H17F3N4/c1-3-12-19-13(4-2)21(20-12)11-6-5-10(14(15,16)17)7-9(11)8-18/h5-7H,3-4,8,18H2,1-2H3. The maximum absolute atomic E-state index is 12.8. The molecular weight excluding hydrogens is 281 g/mol. The summed E-state index contributed by atoms with van der Waals surface area (Å²) in [5.41, 5.74) is 5.84. The fourth-order valence-electron chi connectivity index (χ4n) is 2.10. The molecule has 0 unspecified atom stereocenters. The number of rotatable bonds is 4. The van der Waals surface area contributed by atoms with Crippen LogP contribution in [0, 0.1) is 0 Å². The first-order valence-corrected chi connectivity index (χ1v) is 6.76. The second kappa shape index (κ2) is 5.85. The Labute approximate surface area is 120 Å². The van der Waals surface area contributed by atoms with E-state index in [4.69, 9.17) is 5.73 Å². The van der Waals surface area contributed by atoms with Gasteiger partial charge in [0.25, 0.3) is 0 Å². The van der Waals surface area contributed by atoms with E-state index < -0.39 is 11.7 Å². The highest BCUT2D eigenvalue weighted by atomic mass is 19.4. The molecule has 2 rings (SSSR count). The van der Waals surface area contributed by atoms with Gasteiger partial charge in [-0.1, -0.05) is 13.8 Å². The number of nitrogens with zero attached hydrogens (tertiary/aromatic N) is 3. The lowest BCUT2D eigenvalue weighted by Crippen LogP contribution is -2.12. The fourth-order valence-corrected chi connectivity index (χ4v) is 2.10. The van der Waals surface area contributed by atoms with Crippen molar-refractivity contribution in [1.29, 1.82) is 0 Å². The molecule has 0 fully saturated rings. The minimum atomic E-state index is -4.38. The Morgan fingerprint density at radius 1 is 1.19 bits per heavy atom. The van der Waals surface area contributed by atoms with Crippen molar-refractivity contribution >= 4 is 0 Å². The van der Waals surface area contributed by atoms with E-state index in [1.54, 1.807) is 4.68 Å². The summed E-state index contributed by atoms with van der Waals surface area (Å²) >= 11 is 0. The Hall–Kier alpha value is -1.89. The highest BCUT2D eigenvalue weighted by molar-refractivity contribution is 5.44. The summed E-state index contributed by atoms with van der Waals surface area (Å²) in [7, 11) is 0. The molecular formula is C14H17F3N4. The van der Waals surface area contributed by atoms with Crippen molar-refractivity contribution < 1.29 is 13.2 Å². The Morgan fingerprint density at radius 2 is 1.90 bits per heavy atom. The molecule has 0 aliphatic rings. The smallest absolute Gasteiger partial charge is 0.326 e. The molecule has 2 aromatic rings. The number of hydrogen-bond donors (Lipinski definition) is 1. The van der Waals surface area contributed by atoms with Crippen molar-refractivity contribution in [2.75, 3.05) is 0 Å². The Morgan fingerprint density at radius 3 is 2.43 bits per heavy atom. The predicted molar refractivity (Wildman–Crippen MR) is 73.0 cm³/mol. The Bertz CT molecular complexity index is 632. The lowest BCUT2D eigenvalue weighted by molar-refractivity contribution is -0.137. The molecule has 1 aromatic carbocycles. The summed E-state index contributed by atoms with van der Waals surface area (Å²) < 4.78 is 39.9. The van der Waals surface area contributed by atoms with E-state index in [1.807, 2.05) is 13.8 Å². The zero-order valence-corrected chi connectivity index (χ0v) is 11.9. The van der Waals surface area contributed by atoms with Gasteiger partial charge in [-0.2, -0.15) is 18.3 Å². The average Bonchev–Trinajstić information content (AvgIpc) is 2.88. The van der Waals surface area contributed by atoms with Crippen molar-refractivity contribution in [3.8, 4) is 5.69 Å². The van der Waals surface area contributed by atoms with E-state index >= 15 is 0 Å². The van der Waals surface area contributed by atoms with Crippen LogP contribution in [-0.2, 0) is 25.6 Å². The van der Waals surface area contributed by atoms with E-state index in [1.165, 1.54) is 6.07 Å². The minimum Gasteiger partial charge on any atom is -0.326 e. The van der Waals surface area contributed by atoms with Gasteiger partial charge in [0, 0.05) is 19.4 Å². The van der Waals surface area contributed by atoms with Gasteiger partial charge in [-0.25, -0.2) is 9.67 Å². The zero-order valence-electron chi connectivity index (χ0n) is 11.9. The van der Waals surface area contributed by atoms with Gasteiger partial charge in [-0.3, -0.25) is 0 Å². The first-order valence-electron chi connectivity index (χ1n) is 6.76. The van der Waals surface area contributed by atoms with Crippen LogP contribution in [0.5, 0.6) is 0 Å². The monoisotopic (exact) mass is 298 g/mol. The minimum absolute atomic E-state index is 0.00370. The largest absolute Gasteiger partial charge is 0.416 e. The summed E-state index contributed by atoms with van der Waals surface area (Å²) in [6.07, 6.45) is -3.08. The van der Waals surface area contributed by atoms with Crippen molar-refractivity contribution in [1.82, 2.24) is 14.8 Å². The molecule has 2 N–H and O–H groups in total. The topological polar surface area (TPSA) is 56.7 Å². The molecule has 0 spiro atoms. The number of halogens is 3. The second-order valence-electron chi connectivity index (χ2n) is 4.61. The normalized spacial score (nSPS) is 11.9. The van der Waals surface area contributed by atoms with Gasteiger partial charge in [0.15, 0.2) is 5.82 Å². The first-order chi connectivity index (χ1) is 9.90. The molecule has 7 heteroatoms. The highest BCUT2D eigenvalue weighted by Gasteiger charge is 2.31. The quantitative estimate of drug-likeness (QED) is 0.944. The van der Waals surface area contributed by atoms with Crippen LogP contribution in [0.4, 0.5) is 13.2 Å². The molecule has 0 radical (unpaired) electrons. The molecule has 0 aliphatic carbocycles. The molecule has 0 saturated carbocycles. The van der Waals surface area contributed by atoms with Crippen molar-refractivity contribution in [2.24, 2.45) is 5.73 Å². The van der Waals surface area contributed by atoms with Crippen molar-refractivity contribution in [3.05, 3.63) is 41.0 Å². The van der Waals surface area contributed by atoms with Gasteiger partial charge < -0.3 is 5.73 Å². The number of benzene rings is 1. The van der Waals surface area contributed by atoms with Crippen molar-refractivity contribution in [3.63, 3.8) is 0 Å². The Balaban J connectivity index is 2.56. The van der Waals surface area contributed by atoms with Crippen LogP contribution in [0.25, 0.3) is 5.69 Å². The fraction of sp³-hybridized carbons (Fsp3) is 0.429. The average molecular weight is 298 g/mol. The van der Waals surface area contributed by atoms with Crippen LogP contribution in [0.1, 0.15) is 36.6 Å². The molecule has 0 bridgehead atoms. The Kier molecular flexibility index (Phi) is 4.32. The van der Waals surface area contributed by atoms with Gasteiger partial charge in [0.2, 0.25) is 0 Å². The third-order valence-corrected chi connectivity index (χ3v) is 3.21. The van der Waals surface area contributed by atoms with Crippen LogP contribution in [0.15, 0.2) is 18.2 Å². The van der Waals surface area contributed by atoms with E-state index in [9.17, 15) is 13.2 Å². The molecule has 114 valence electrons. The third kappa shape index (κ3) is 3.07. The van der Waals surface area contributed by atoms with Crippen molar-refractivity contribution in [2.45, 2.75) is 39.4 Å². The van der Waals surface area contributed by atoms with Crippen LogP contribution >= 0.6 is 0 Å². The number of aryl methyl sites for hydroxylation is 2. The molecule has 21 heavy (non-hydrogen) atoms. The van der Waals surface area contributed by atoms with E-state index in [0.717, 1.165) is 12.1 Å². The van der Waals surface area contributed by atoms with Crippen LogP contribution in [0.2, 0.25) is 0 Å². The summed E-state index contributed by atoms with van der Waals surface area (Å²) in [6.45, 7) is 3.85. The van der Waals surface area contributed by atoms with E-state index in [-0.39, 0.29) is 6.54 Å². The van der Waals surface area contributed by atoms with Crippen LogP contribution in [0.3, 0.4) is 0 Å². The second-order valence-corrected chi connectivity index (χ2v) is 4.61. The highest BCUT2D eigenvalue weighted by Crippen LogP contribution is 2.31. The molecule has 1 aromatic heterocycles. The third-order valence-electron chi connectivity index (χ3n) is 3.21. The summed E-state index contributed by atoms with van der Waals surface area (Å²) in [4.78, 5) is 4.36. The zero-order chi connectivity index (χ0) is 15.6. The number of nitrogens with two attached hydrogens (primary N) is 1. The molecule has 0 aliphatic heterocycles. The van der Waals surface area contributed by atoms with E-state index in [2.05, 4.69) is 10.1 Å². The maximum Gasteiger partial charge on any atom is 0.416 e. The van der Waals surface area contributed by atoms with Gasteiger partial charge in [-0.05, 0) is 23.8 Å². The molecule has 1 heterocycles. The maximum atomic E-state index is 12.8. The van der Waals surface area contributed by atoms with Crippen LogP contribution < -0.4 is 5.73 Å². The van der Waals surface area contributed by atoms with Gasteiger partial charge in [0.05, 0.1) is 11.3 Å². The van der Waals surface area contributed by atoms with Gasteiger partial charge >= 0.3 is 6.18 Å². The number of aromatic nitrogens is 3. The lowest BCUT2D eigenvalue weighted by atomic mass is 10.1. The predicted octanol–water partition coefficient (Wildman–Crippen LogP) is 2.87. The molecule has 0 atom stereocenters. The van der Waals surface area contributed by atoms with Crippen LogP contribution in [-0.4, -0.2) is 14.8 Å². The number of hydrogen-bond acceptors (Lipinski definition) is 3. The lowest BCUT2D eigenvalue weighted by Gasteiger charge is -2.13. The first kappa shape index (κ1) is 15.5. The summed E-state index contributed by atoms with van der Waals surface area (Å²) in [6, 6.07) is 3.52. The number of alkyl halides is 3. The molecule has 0 saturated heterocycles. The van der Waals surface area contributed by atoms with Gasteiger partial charge in [-0.15, -0.1) is 0 Å². The summed E-state index contributed by atoms with van der Waals surface area (Å²) in [5, 5.41) is 4.34. The SMILES string of the molecule is CCc1nc(CC)n(-c2ccc(C(F)(F)F)cc2CN)n1. The molecule has 0 amide bonds. The van der Waals surface area contributed by atoms with E-state index in [0.29, 0.717) is 35.7 Å². The molecule has 4 nitrogen and oxygen atoms in total. The summed E-state index contributed by atoms with van der Waals surface area (Å²) in [5.74, 6) is 1.37. The van der Waals surface area contributed by atoms with Gasteiger partial charge in [0.1, 0.15) is 5.82 Å².